The maximum absolute atomic E-state index is 3.60. The summed E-state index contributed by atoms with van der Waals surface area (Å²) in [6.45, 7) is 16.0. The maximum Gasteiger partial charge on any atom is 4.00 e. The van der Waals surface area contributed by atoms with Crippen LogP contribution in [0, 0.1) is 13.8 Å². The third-order valence-corrected chi connectivity index (χ3v) is 8.50. The normalized spacial score (nSPS) is 10.5. The van der Waals surface area contributed by atoms with Crippen molar-refractivity contribution in [3.8, 4) is 22.3 Å². The molecule has 6 rings (SSSR count). The Bertz CT molecular complexity index is 1570. The van der Waals surface area contributed by atoms with Gasteiger partial charge in [0.2, 0.25) is 0 Å². The molecule has 0 heterocycles. The van der Waals surface area contributed by atoms with Crippen molar-refractivity contribution in [2.75, 3.05) is 0 Å². The number of benzene rings is 4. The van der Waals surface area contributed by atoms with Crippen LogP contribution in [0.1, 0.15) is 75.6 Å². The Balaban J connectivity index is 0.000000552. The van der Waals surface area contributed by atoms with E-state index in [1.54, 1.807) is 0 Å². The predicted octanol–water partition coefficient (Wildman–Crippen LogP) is 12.9. The number of rotatable bonds is 9. The maximum atomic E-state index is 3.60. The summed E-state index contributed by atoms with van der Waals surface area (Å²) in [7, 11) is 0. The van der Waals surface area contributed by atoms with Crippen LogP contribution in [0.5, 0.6) is 0 Å². The Morgan fingerprint density at radius 3 is 1.16 bits per heavy atom. The van der Waals surface area contributed by atoms with Gasteiger partial charge in [-0.05, 0) is 24.0 Å². The molecular weight excluding hydrogens is 707 g/mol. The molecule has 0 aliphatic heterocycles. The fourth-order valence-corrected chi connectivity index (χ4v) is 6.09. The van der Waals surface area contributed by atoms with Gasteiger partial charge in [-0.2, -0.15) is 24.0 Å². The Hall–Kier alpha value is -3.03. The monoisotopic (exact) mass is 758 g/mol. The second kappa shape index (κ2) is 18.8. The average Bonchev–Trinajstić information content (AvgIpc) is 3.65. The molecule has 0 aliphatic rings. The smallest absolute Gasteiger partial charge is 0.343 e. The van der Waals surface area contributed by atoms with E-state index in [0.717, 1.165) is 38.5 Å². The molecule has 0 radical (unpaired) electrons. The largest absolute Gasteiger partial charge is 4.00 e. The minimum atomic E-state index is 0. The Morgan fingerprint density at radius 1 is 0.489 bits per heavy atom. The second-order valence-electron chi connectivity index (χ2n) is 11.5. The number of fused-ring (bicyclic) bond motifs is 2. The van der Waals surface area contributed by atoms with Gasteiger partial charge in [0.1, 0.15) is 0 Å². The van der Waals surface area contributed by atoms with E-state index in [0.29, 0.717) is 0 Å². The van der Waals surface area contributed by atoms with Crippen LogP contribution in [-0.4, -0.2) is 0 Å². The van der Waals surface area contributed by atoms with Gasteiger partial charge >= 0.3 is 25.8 Å². The van der Waals surface area contributed by atoms with E-state index < -0.39 is 0 Å². The Labute approximate surface area is 292 Å². The van der Waals surface area contributed by atoms with Crippen molar-refractivity contribution in [3.05, 3.63) is 145 Å². The van der Waals surface area contributed by atoms with Crippen LogP contribution in [0.4, 0.5) is 0 Å². The van der Waals surface area contributed by atoms with E-state index in [2.05, 4.69) is 151 Å². The first-order valence-electron chi connectivity index (χ1n) is 16.7. The van der Waals surface area contributed by atoms with Crippen LogP contribution >= 0.6 is 0 Å². The van der Waals surface area contributed by atoms with Crippen molar-refractivity contribution in [1.29, 1.82) is 0 Å². The van der Waals surface area contributed by atoms with Gasteiger partial charge < -0.3 is 13.8 Å². The van der Waals surface area contributed by atoms with E-state index in [1.807, 2.05) is 0 Å². The van der Waals surface area contributed by atoms with Gasteiger partial charge in [0.15, 0.2) is 0 Å². The van der Waals surface area contributed by atoms with Crippen molar-refractivity contribution in [2.24, 2.45) is 0 Å². The van der Waals surface area contributed by atoms with Crippen molar-refractivity contribution in [1.82, 2.24) is 0 Å². The molecule has 0 N–H and O–H groups in total. The summed E-state index contributed by atoms with van der Waals surface area (Å²) in [5.41, 5.74) is 11.4. The third-order valence-electron chi connectivity index (χ3n) is 8.50. The summed E-state index contributed by atoms with van der Waals surface area (Å²) < 4.78 is 0. The first-order chi connectivity index (χ1) is 21.6. The second-order valence-corrected chi connectivity index (χ2v) is 11.5. The summed E-state index contributed by atoms with van der Waals surface area (Å²) in [6, 6.07) is 40.2. The minimum absolute atomic E-state index is 0. The summed E-state index contributed by atoms with van der Waals surface area (Å²) >= 11 is 0. The third kappa shape index (κ3) is 8.82. The standard InChI is InChI=1S/C36H32.2C4H9.Hf/c1-3-25-23-29-17-11-19-31(27-13-7-5-8-14-27)35(29)33(25)21-22-34-26(4-2)24-30-18-12-20-32(36(30)34)28-15-9-6-10-16-28;2*1-3-4-2;/h5-20,23-24H,3-4,21-22H2,1-2H3;2*1,3-4H2,2H3;/q-2;2*-1;+4. The van der Waals surface area contributed by atoms with Gasteiger partial charge in [0.05, 0.1) is 0 Å². The predicted molar refractivity (Wildman–Crippen MR) is 197 cm³/mol. The molecule has 0 aromatic heterocycles. The fourth-order valence-electron chi connectivity index (χ4n) is 6.09. The van der Waals surface area contributed by atoms with Crippen molar-refractivity contribution in [3.63, 3.8) is 0 Å². The average molecular weight is 757 g/mol. The number of unbranched alkanes of at least 4 members (excludes halogenated alkanes) is 2. The molecule has 0 spiro atoms. The molecule has 0 bridgehead atoms. The molecule has 6 aromatic carbocycles. The van der Waals surface area contributed by atoms with Crippen LogP contribution in [0.25, 0.3) is 43.8 Å². The van der Waals surface area contributed by atoms with E-state index in [-0.39, 0.29) is 25.8 Å². The summed E-state index contributed by atoms with van der Waals surface area (Å²) in [5, 5.41) is 5.63. The topological polar surface area (TPSA) is 0 Å². The zero-order chi connectivity index (χ0) is 31.3. The van der Waals surface area contributed by atoms with Crippen molar-refractivity contribution >= 4 is 21.5 Å². The Kier molecular flexibility index (Phi) is 15.2. The molecule has 0 unspecified atom stereocenters. The zero-order valence-electron chi connectivity index (χ0n) is 28.0. The molecule has 6 aromatic rings. The molecular formula is C44H50Hf. The Morgan fingerprint density at radius 2 is 0.844 bits per heavy atom. The number of aryl methyl sites for hydroxylation is 4. The first kappa shape index (κ1) is 36.4. The van der Waals surface area contributed by atoms with E-state index in [1.165, 1.54) is 78.9 Å². The van der Waals surface area contributed by atoms with Crippen LogP contribution in [0.15, 0.2) is 109 Å². The van der Waals surface area contributed by atoms with Crippen LogP contribution in [-0.2, 0) is 51.5 Å². The molecule has 0 amide bonds. The van der Waals surface area contributed by atoms with Gasteiger partial charge in [-0.15, -0.1) is 69.1 Å². The molecule has 0 fully saturated rings. The molecule has 230 valence electrons. The van der Waals surface area contributed by atoms with Gasteiger partial charge in [-0.3, -0.25) is 0 Å². The van der Waals surface area contributed by atoms with Gasteiger partial charge in [-0.1, -0.05) is 137 Å². The SMILES string of the molecule is CCc1[cH-]c2cccc(-c3ccccc3)c2c1CCc1c(CC)[cH-]c2cccc(-c3ccccc3)c12.[CH2-]CCC.[CH2-]CCC.[Hf+4]. The molecule has 1 heteroatoms. The van der Waals surface area contributed by atoms with E-state index >= 15 is 0 Å². The quantitative estimate of drug-likeness (QED) is 0.102. The van der Waals surface area contributed by atoms with E-state index in [4.69, 9.17) is 0 Å². The molecule has 0 aliphatic carbocycles. The van der Waals surface area contributed by atoms with Crippen LogP contribution in [0.3, 0.4) is 0 Å². The van der Waals surface area contributed by atoms with E-state index in [9.17, 15) is 0 Å². The molecule has 0 nitrogen and oxygen atoms in total. The number of hydrogen-bond donors (Lipinski definition) is 0. The number of hydrogen-bond acceptors (Lipinski definition) is 0. The molecule has 0 saturated heterocycles. The zero-order valence-corrected chi connectivity index (χ0v) is 31.6. The minimum Gasteiger partial charge on any atom is -0.343 e. The molecule has 45 heavy (non-hydrogen) atoms. The fraction of sp³-hybridized carbons (Fsp3) is 0.273. The van der Waals surface area contributed by atoms with Crippen molar-refractivity contribution in [2.45, 2.75) is 79.1 Å². The van der Waals surface area contributed by atoms with Gasteiger partial charge in [0.25, 0.3) is 0 Å². The molecule has 0 atom stereocenters. The van der Waals surface area contributed by atoms with Crippen LogP contribution in [0.2, 0.25) is 0 Å². The summed E-state index contributed by atoms with van der Waals surface area (Å²) in [5.74, 6) is 0. The van der Waals surface area contributed by atoms with Crippen molar-refractivity contribution < 1.29 is 25.8 Å². The van der Waals surface area contributed by atoms with Gasteiger partial charge in [0, 0.05) is 0 Å². The van der Waals surface area contributed by atoms with Gasteiger partial charge in [-0.25, -0.2) is 0 Å². The summed E-state index contributed by atoms with van der Waals surface area (Å²) in [6.07, 6.45) is 8.81. The first-order valence-corrected chi connectivity index (χ1v) is 16.7. The summed E-state index contributed by atoms with van der Waals surface area (Å²) in [4.78, 5) is 0. The molecule has 0 saturated carbocycles. The van der Waals surface area contributed by atoms with Crippen LogP contribution < -0.4 is 0 Å².